The standard InChI is InChI=1S/C17H26ClNO3/c1-12(10-14-6-8-15(18)9-7-14)19(11-13(2)20)16(21)22-17(3,4)5/h6-9,12-13,20H,10-11H2,1-5H3/t12?,13-/m1/s1. The lowest BCUT2D eigenvalue weighted by Gasteiger charge is -2.32. The highest BCUT2D eigenvalue weighted by molar-refractivity contribution is 6.30. The fourth-order valence-corrected chi connectivity index (χ4v) is 2.24. The number of nitrogens with zero attached hydrogens (tertiary/aromatic N) is 1. The van der Waals surface area contributed by atoms with Gasteiger partial charge in [-0.3, -0.25) is 0 Å². The summed E-state index contributed by atoms with van der Waals surface area (Å²) in [6, 6.07) is 7.44. The van der Waals surface area contributed by atoms with Crippen molar-refractivity contribution in [3.63, 3.8) is 0 Å². The van der Waals surface area contributed by atoms with Gasteiger partial charge < -0.3 is 14.7 Å². The molecule has 0 bridgehead atoms. The van der Waals surface area contributed by atoms with E-state index in [4.69, 9.17) is 16.3 Å². The van der Waals surface area contributed by atoms with Gasteiger partial charge in [-0.25, -0.2) is 4.79 Å². The van der Waals surface area contributed by atoms with Crippen molar-refractivity contribution < 1.29 is 14.6 Å². The van der Waals surface area contributed by atoms with Gasteiger partial charge in [-0.1, -0.05) is 23.7 Å². The van der Waals surface area contributed by atoms with Crippen molar-refractivity contribution in [3.05, 3.63) is 34.9 Å². The lowest BCUT2D eigenvalue weighted by Crippen LogP contribution is -2.46. The molecule has 0 radical (unpaired) electrons. The Kier molecular flexibility index (Phi) is 6.69. The molecule has 0 saturated carbocycles. The molecule has 0 aliphatic carbocycles. The van der Waals surface area contributed by atoms with Crippen LogP contribution in [0, 0.1) is 0 Å². The Balaban J connectivity index is 2.81. The van der Waals surface area contributed by atoms with Crippen LogP contribution in [0.2, 0.25) is 5.02 Å². The number of aliphatic hydroxyl groups is 1. The van der Waals surface area contributed by atoms with Gasteiger partial charge in [-0.15, -0.1) is 0 Å². The zero-order valence-electron chi connectivity index (χ0n) is 14.0. The SMILES string of the molecule is CC(Cc1ccc(Cl)cc1)N(C[C@@H](C)O)C(=O)OC(C)(C)C. The summed E-state index contributed by atoms with van der Waals surface area (Å²) in [7, 11) is 0. The topological polar surface area (TPSA) is 49.8 Å². The molecule has 22 heavy (non-hydrogen) atoms. The first-order chi connectivity index (χ1) is 10.1. The molecule has 1 amide bonds. The largest absolute Gasteiger partial charge is 0.444 e. The summed E-state index contributed by atoms with van der Waals surface area (Å²) >= 11 is 5.89. The fraction of sp³-hybridized carbons (Fsp3) is 0.588. The molecule has 1 aromatic rings. The van der Waals surface area contributed by atoms with Crippen LogP contribution in [0.3, 0.4) is 0 Å². The predicted molar refractivity (Wildman–Crippen MR) is 89.2 cm³/mol. The molecule has 124 valence electrons. The lowest BCUT2D eigenvalue weighted by molar-refractivity contribution is 0.00745. The van der Waals surface area contributed by atoms with Gasteiger partial charge in [0.15, 0.2) is 0 Å². The Morgan fingerprint density at radius 2 is 1.82 bits per heavy atom. The van der Waals surface area contributed by atoms with Gasteiger partial charge in [-0.05, 0) is 58.7 Å². The number of aliphatic hydroxyl groups excluding tert-OH is 1. The van der Waals surface area contributed by atoms with Gasteiger partial charge in [0, 0.05) is 17.6 Å². The molecular formula is C17H26ClNO3. The highest BCUT2D eigenvalue weighted by Gasteiger charge is 2.27. The Morgan fingerprint density at radius 3 is 2.27 bits per heavy atom. The second-order valence-corrected chi connectivity index (χ2v) is 7.10. The average molecular weight is 328 g/mol. The monoisotopic (exact) mass is 327 g/mol. The van der Waals surface area contributed by atoms with E-state index in [2.05, 4.69) is 0 Å². The number of carbonyl (C=O) groups is 1. The van der Waals surface area contributed by atoms with Gasteiger partial charge in [0.05, 0.1) is 6.10 Å². The van der Waals surface area contributed by atoms with E-state index >= 15 is 0 Å². The summed E-state index contributed by atoms with van der Waals surface area (Å²) in [6.07, 6.45) is -0.349. The highest BCUT2D eigenvalue weighted by Crippen LogP contribution is 2.17. The maximum absolute atomic E-state index is 12.4. The van der Waals surface area contributed by atoms with Gasteiger partial charge in [0.2, 0.25) is 0 Å². The maximum atomic E-state index is 12.4. The number of rotatable bonds is 5. The normalized spacial score (nSPS) is 14.3. The van der Waals surface area contributed by atoms with Gasteiger partial charge in [-0.2, -0.15) is 0 Å². The quantitative estimate of drug-likeness (QED) is 0.892. The molecule has 1 N–H and O–H groups in total. The molecule has 1 unspecified atom stereocenters. The second-order valence-electron chi connectivity index (χ2n) is 6.66. The van der Waals surface area contributed by atoms with E-state index in [1.165, 1.54) is 0 Å². The van der Waals surface area contributed by atoms with E-state index in [9.17, 15) is 9.90 Å². The van der Waals surface area contributed by atoms with Crippen LogP contribution in [-0.2, 0) is 11.2 Å². The van der Waals surface area contributed by atoms with Crippen molar-refractivity contribution in [1.29, 1.82) is 0 Å². The average Bonchev–Trinajstić information content (AvgIpc) is 2.36. The minimum Gasteiger partial charge on any atom is -0.444 e. The van der Waals surface area contributed by atoms with E-state index in [-0.39, 0.29) is 12.6 Å². The molecular weight excluding hydrogens is 302 g/mol. The first-order valence-corrected chi connectivity index (χ1v) is 7.88. The molecule has 5 heteroatoms. The Labute approximate surface area is 138 Å². The molecule has 0 heterocycles. The summed E-state index contributed by atoms with van der Waals surface area (Å²) < 4.78 is 5.43. The van der Waals surface area contributed by atoms with E-state index in [0.717, 1.165) is 5.56 Å². The van der Waals surface area contributed by atoms with Crippen LogP contribution in [-0.4, -0.2) is 40.4 Å². The Hall–Kier alpha value is -1.26. The van der Waals surface area contributed by atoms with Crippen molar-refractivity contribution in [2.75, 3.05) is 6.54 Å². The summed E-state index contributed by atoms with van der Waals surface area (Å²) in [5.41, 5.74) is 0.518. The van der Waals surface area contributed by atoms with E-state index in [1.807, 2.05) is 52.0 Å². The van der Waals surface area contributed by atoms with Crippen molar-refractivity contribution in [2.45, 2.75) is 58.8 Å². The molecule has 0 aliphatic heterocycles. The molecule has 0 fully saturated rings. The third kappa shape index (κ3) is 6.67. The van der Waals surface area contributed by atoms with E-state index in [1.54, 1.807) is 11.8 Å². The molecule has 0 spiro atoms. The third-order valence-corrected chi connectivity index (χ3v) is 3.32. The first kappa shape index (κ1) is 18.8. The van der Waals surface area contributed by atoms with Crippen LogP contribution in [0.25, 0.3) is 0 Å². The highest BCUT2D eigenvalue weighted by atomic mass is 35.5. The van der Waals surface area contributed by atoms with Gasteiger partial charge in [0.25, 0.3) is 0 Å². The third-order valence-electron chi connectivity index (χ3n) is 3.07. The van der Waals surface area contributed by atoms with Crippen LogP contribution in [0.15, 0.2) is 24.3 Å². The minimum absolute atomic E-state index is 0.0920. The molecule has 0 aromatic heterocycles. The molecule has 0 saturated heterocycles. The van der Waals surface area contributed by atoms with Crippen LogP contribution in [0.1, 0.15) is 40.2 Å². The summed E-state index contributed by atoms with van der Waals surface area (Å²) in [5, 5.41) is 10.3. The Morgan fingerprint density at radius 1 is 1.27 bits per heavy atom. The molecule has 0 aliphatic rings. The first-order valence-electron chi connectivity index (χ1n) is 7.50. The number of hydrogen-bond donors (Lipinski definition) is 1. The number of ether oxygens (including phenoxy) is 1. The fourth-order valence-electron chi connectivity index (χ4n) is 2.11. The molecule has 2 atom stereocenters. The van der Waals surface area contributed by atoms with E-state index < -0.39 is 17.8 Å². The van der Waals surface area contributed by atoms with Crippen molar-refractivity contribution >= 4 is 17.7 Å². The number of amides is 1. The van der Waals surface area contributed by atoms with Crippen LogP contribution in [0.5, 0.6) is 0 Å². The number of hydrogen-bond acceptors (Lipinski definition) is 3. The van der Waals surface area contributed by atoms with Crippen LogP contribution >= 0.6 is 11.6 Å². The molecule has 1 rings (SSSR count). The predicted octanol–water partition coefficient (Wildman–Crippen LogP) is 3.89. The Bertz CT molecular complexity index is 480. The molecule has 1 aromatic carbocycles. The number of carbonyl (C=O) groups excluding carboxylic acids is 1. The lowest BCUT2D eigenvalue weighted by atomic mass is 10.1. The van der Waals surface area contributed by atoms with Gasteiger partial charge in [0.1, 0.15) is 5.60 Å². The number of halogens is 1. The second kappa shape index (κ2) is 7.84. The zero-order valence-corrected chi connectivity index (χ0v) is 14.7. The minimum atomic E-state index is -0.611. The number of benzene rings is 1. The van der Waals surface area contributed by atoms with Crippen molar-refractivity contribution in [1.82, 2.24) is 4.90 Å². The zero-order chi connectivity index (χ0) is 16.9. The van der Waals surface area contributed by atoms with Crippen molar-refractivity contribution in [3.8, 4) is 0 Å². The molecule has 4 nitrogen and oxygen atoms in total. The summed E-state index contributed by atoms with van der Waals surface area (Å²) in [6.45, 7) is 9.33. The van der Waals surface area contributed by atoms with Gasteiger partial charge >= 0.3 is 6.09 Å². The summed E-state index contributed by atoms with van der Waals surface area (Å²) in [4.78, 5) is 13.9. The van der Waals surface area contributed by atoms with Crippen molar-refractivity contribution in [2.24, 2.45) is 0 Å². The smallest absolute Gasteiger partial charge is 0.410 e. The summed E-state index contributed by atoms with van der Waals surface area (Å²) in [5.74, 6) is 0. The van der Waals surface area contributed by atoms with E-state index in [0.29, 0.717) is 11.4 Å². The van der Waals surface area contributed by atoms with Crippen LogP contribution < -0.4 is 0 Å². The van der Waals surface area contributed by atoms with Crippen LogP contribution in [0.4, 0.5) is 4.79 Å². The maximum Gasteiger partial charge on any atom is 0.410 e.